The first kappa shape index (κ1) is 14.6. The van der Waals surface area contributed by atoms with Crippen molar-refractivity contribution in [3.8, 4) is 11.5 Å². The monoisotopic (exact) mass is 297 g/mol. The summed E-state index contributed by atoms with van der Waals surface area (Å²) in [6.07, 6.45) is 0.754. The lowest BCUT2D eigenvalue weighted by Gasteiger charge is -2.34. The Bertz CT molecular complexity index is 525. The molecule has 2 aliphatic rings. The van der Waals surface area contributed by atoms with Crippen LogP contribution in [0.4, 0.5) is 8.78 Å². The van der Waals surface area contributed by atoms with Crippen LogP contribution in [-0.2, 0) is 6.42 Å². The number of rotatable bonds is 4. The summed E-state index contributed by atoms with van der Waals surface area (Å²) in [5.41, 5.74) is 2.39. The molecule has 21 heavy (non-hydrogen) atoms. The molecule has 1 atom stereocenters. The standard InChI is InChI=1S/C16H21F2NO2/c1-10-12-3-4-14(15(20-2)13(12)5-6-19-10)21-9-11-7-16(17,18)8-11/h3-4,10-11,19H,5-9H2,1-2H3. The molecule has 0 spiro atoms. The van der Waals surface area contributed by atoms with Gasteiger partial charge in [0.05, 0.1) is 13.7 Å². The van der Waals surface area contributed by atoms with Crippen molar-refractivity contribution in [2.45, 2.75) is 38.2 Å². The first-order valence-electron chi connectivity index (χ1n) is 7.44. The van der Waals surface area contributed by atoms with Crippen molar-refractivity contribution in [1.29, 1.82) is 0 Å². The van der Waals surface area contributed by atoms with Gasteiger partial charge >= 0.3 is 0 Å². The van der Waals surface area contributed by atoms with E-state index in [0.717, 1.165) is 18.7 Å². The molecule has 1 aliphatic carbocycles. The van der Waals surface area contributed by atoms with E-state index in [-0.39, 0.29) is 18.8 Å². The topological polar surface area (TPSA) is 30.5 Å². The highest BCUT2D eigenvalue weighted by Crippen LogP contribution is 2.43. The van der Waals surface area contributed by atoms with Crippen molar-refractivity contribution in [2.24, 2.45) is 5.92 Å². The molecule has 1 aromatic rings. The number of fused-ring (bicyclic) bond motifs is 1. The Morgan fingerprint density at radius 1 is 1.33 bits per heavy atom. The van der Waals surface area contributed by atoms with E-state index in [1.54, 1.807) is 7.11 Å². The maximum absolute atomic E-state index is 12.8. The minimum Gasteiger partial charge on any atom is -0.493 e. The lowest BCUT2D eigenvalue weighted by atomic mass is 9.82. The van der Waals surface area contributed by atoms with Gasteiger partial charge in [-0.1, -0.05) is 6.07 Å². The highest BCUT2D eigenvalue weighted by molar-refractivity contribution is 5.52. The number of hydrogen-bond donors (Lipinski definition) is 1. The van der Waals surface area contributed by atoms with E-state index in [9.17, 15) is 8.78 Å². The highest BCUT2D eigenvalue weighted by Gasteiger charge is 2.45. The largest absolute Gasteiger partial charge is 0.493 e. The molecule has 3 rings (SSSR count). The molecule has 1 aromatic carbocycles. The molecule has 0 bridgehead atoms. The molecule has 116 valence electrons. The second-order valence-electron chi connectivity index (χ2n) is 6.03. The van der Waals surface area contributed by atoms with Gasteiger partial charge < -0.3 is 14.8 Å². The molecular formula is C16H21F2NO2. The predicted molar refractivity (Wildman–Crippen MR) is 76.3 cm³/mol. The van der Waals surface area contributed by atoms with E-state index < -0.39 is 5.92 Å². The lowest BCUT2D eigenvalue weighted by Crippen LogP contribution is -2.38. The smallest absolute Gasteiger partial charge is 0.248 e. The van der Waals surface area contributed by atoms with Gasteiger partial charge in [0.1, 0.15) is 0 Å². The van der Waals surface area contributed by atoms with Crippen LogP contribution in [0.2, 0.25) is 0 Å². The van der Waals surface area contributed by atoms with Gasteiger partial charge in [0.25, 0.3) is 0 Å². The molecule has 0 saturated heterocycles. The van der Waals surface area contributed by atoms with Crippen LogP contribution in [0.25, 0.3) is 0 Å². The Kier molecular flexibility index (Phi) is 3.78. The molecule has 0 radical (unpaired) electrons. The van der Waals surface area contributed by atoms with Crippen molar-refractivity contribution in [2.75, 3.05) is 20.3 Å². The summed E-state index contributed by atoms with van der Waals surface area (Å²) >= 11 is 0. The lowest BCUT2D eigenvalue weighted by molar-refractivity contribution is -0.119. The summed E-state index contributed by atoms with van der Waals surface area (Å²) in [5.74, 6) is -1.12. The summed E-state index contributed by atoms with van der Waals surface area (Å²) in [4.78, 5) is 0. The van der Waals surface area contributed by atoms with Gasteiger partial charge in [0, 0.05) is 30.4 Å². The Labute approximate surface area is 123 Å². The van der Waals surface area contributed by atoms with Crippen LogP contribution in [0, 0.1) is 5.92 Å². The molecule has 1 unspecified atom stereocenters. The van der Waals surface area contributed by atoms with Crippen LogP contribution in [0.1, 0.15) is 36.9 Å². The van der Waals surface area contributed by atoms with Gasteiger partial charge in [-0.2, -0.15) is 0 Å². The molecule has 0 amide bonds. The van der Waals surface area contributed by atoms with E-state index >= 15 is 0 Å². The van der Waals surface area contributed by atoms with Crippen molar-refractivity contribution in [3.05, 3.63) is 23.3 Å². The number of ether oxygens (including phenoxy) is 2. The van der Waals surface area contributed by atoms with Crippen LogP contribution < -0.4 is 14.8 Å². The van der Waals surface area contributed by atoms with Crippen LogP contribution in [-0.4, -0.2) is 26.2 Å². The van der Waals surface area contributed by atoms with Gasteiger partial charge in [0.15, 0.2) is 11.5 Å². The minimum absolute atomic E-state index is 0.0543. The minimum atomic E-state index is -2.49. The van der Waals surface area contributed by atoms with E-state index in [2.05, 4.69) is 12.2 Å². The molecule has 1 aliphatic heterocycles. The van der Waals surface area contributed by atoms with Gasteiger partial charge in [-0.3, -0.25) is 0 Å². The maximum atomic E-state index is 12.8. The fraction of sp³-hybridized carbons (Fsp3) is 0.625. The van der Waals surface area contributed by atoms with E-state index in [0.29, 0.717) is 18.4 Å². The highest BCUT2D eigenvalue weighted by atomic mass is 19.3. The Balaban J connectivity index is 1.73. The number of alkyl halides is 2. The number of hydrogen-bond acceptors (Lipinski definition) is 3. The Morgan fingerprint density at radius 3 is 2.76 bits per heavy atom. The molecule has 1 saturated carbocycles. The van der Waals surface area contributed by atoms with Crippen molar-refractivity contribution >= 4 is 0 Å². The quantitative estimate of drug-likeness (QED) is 0.924. The van der Waals surface area contributed by atoms with E-state index in [1.165, 1.54) is 11.1 Å². The van der Waals surface area contributed by atoms with Crippen LogP contribution in [0.3, 0.4) is 0 Å². The van der Waals surface area contributed by atoms with Gasteiger partial charge in [-0.15, -0.1) is 0 Å². The van der Waals surface area contributed by atoms with Gasteiger partial charge in [0.2, 0.25) is 5.92 Å². The van der Waals surface area contributed by atoms with Gasteiger partial charge in [-0.25, -0.2) is 8.78 Å². The van der Waals surface area contributed by atoms with Crippen LogP contribution >= 0.6 is 0 Å². The average Bonchev–Trinajstić information content (AvgIpc) is 2.42. The normalized spacial score (nSPS) is 24.1. The third kappa shape index (κ3) is 2.84. The van der Waals surface area contributed by atoms with Crippen molar-refractivity contribution in [1.82, 2.24) is 5.32 Å². The third-order valence-corrected chi connectivity index (χ3v) is 4.41. The number of nitrogens with one attached hydrogen (secondary N) is 1. The molecule has 5 heteroatoms. The molecule has 1 fully saturated rings. The van der Waals surface area contributed by atoms with Crippen molar-refractivity contribution in [3.63, 3.8) is 0 Å². The zero-order chi connectivity index (χ0) is 15.0. The molecule has 0 aromatic heterocycles. The average molecular weight is 297 g/mol. The second kappa shape index (κ2) is 5.44. The van der Waals surface area contributed by atoms with Crippen LogP contribution in [0.15, 0.2) is 12.1 Å². The first-order chi connectivity index (χ1) is 10.00. The summed E-state index contributed by atoms with van der Waals surface area (Å²) in [5, 5.41) is 3.41. The zero-order valence-corrected chi connectivity index (χ0v) is 12.4. The molecule has 1 heterocycles. The van der Waals surface area contributed by atoms with Crippen LogP contribution in [0.5, 0.6) is 11.5 Å². The summed E-state index contributed by atoms with van der Waals surface area (Å²) in [6.45, 7) is 3.36. The van der Waals surface area contributed by atoms with Gasteiger partial charge in [-0.05, 0) is 31.5 Å². The number of halogens is 2. The second-order valence-corrected chi connectivity index (χ2v) is 6.03. The van der Waals surface area contributed by atoms with Crippen molar-refractivity contribution < 1.29 is 18.3 Å². The fourth-order valence-corrected chi connectivity index (χ4v) is 3.26. The molecule has 3 nitrogen and oxygen atoms in total. The maximum Gasteiger partial charge on any atom is 0.248 e. The summed E-state index contributed by atoms with van der Waals surface area (Å²) in [6, 6.07) is 4.22. The Morgan fingerprint density at radius 2 is 2.10 bits per heavy atom. The SMILES string of the molecule is COc1c(OCC2CC(F)(F)C2)ccc2c1CCNC2C. The van der Waals surface area contributed by atoms with E-state index in [1.807, 2.05) is 12.1 Å². The number of methoxy groups -OCH3 is 1. The summed E-state index contributed by atoms with van der Waals surface area (Å²) < 4.78 is 36.9. The molecular weight excluding hydrogens is 276 g/mol. The third-order valence-electron chi connectivity index (χ3n) is 4.41. The molecule has 1 N–H and O–H groups in total. The Hall–Kier alpha value is -1.36. The predicted octanol–water partition coefficient (Wildman–Crippen LogP) is 3.33. The zero-order valence-electron chi connectivity index (χ0n) is 12.4. The number of benzene rings is 1. The summed E-state index contributed by atoms with van der Waals surface area (Å²) in [7, 11) is 1.63. The van der Waals surface area contributed by atoms with E-state index in [4.69, 9.17) is 9.47 Å². The fourth-order valence-electron chi connectivity index (χ4n) is 3.26. The first-order valence-corrected chi connectivity index (χ1v) is 7.44.